The van der Waals surface area contributed by atoms with Gasteiger partial charge in [0.2, 0.25) is 0 Å². The molecule has 29 heavy (non-hydrogen) atoms. The molecule has 0 radical (unpaired) electrons. The highest BCUT2D eigenvalue weighted by Gasteiger charge is 2.33. The van der Waals surface area contributed by atoms with Crippen LogP contribution in [0.15, 0.2) is 29.9 Å². The first kappa shape index (κ1) is 23.2. The number of allylic oxidation sites excluding steroid dienone is 3. The van der Waals surface area contributed by atoms with Crippen molar-refractivity contribution < 1.29 is 18.9 Å². The fourth-order valence-corrected chi connectivity index (χ4v) is 4.45. The summed E-state index contributed by atoms with van der Waals surface area (Å²) in [6.07, 6.45) is 9.00. The third-order valence-corrected chi connectivity index (χ3v) is 6.57. The predicted molar refractivity (Wildman–Crippen MR) is 120 cm³/mol. The standard InChI is InChI=1S/C25H38O4/c1-17(13-15-25(4)14-9-10-18(2)19(25)3)11-12-20-23(28-7)21(26-5)16-22(27-6)24(20)29-8/h11,16,18H,3,9-10,12-15H2,1-2,4-8H3/b17-11+/t18-,25-/m0/s1. The van der Waals surface area contributed by atoms with Crippen molar-refractivity contribution in [2.24, 2.45) is 11.3 Å². The maximum atomic E-state index is 5.64. The second-order valence-electron chi connectivity index (χ2n) is 8.46. The van der Waals surface area contributed by atoms with Crippen molar-refractivity contribution >= 4 is 0 Å². The van der Waals surface area contributed by atoms with Crippen LogP contribution in [0.4, 0.5) is 0 Å². The van der Waals surface area contributed by atoms with E-state index in [0.29, 0.717) is 35.3 Å². The molecule has 0 aliphatic heterocycles. The molecule has 0 heterocycles. The van der Waals surface area contributed by atoms with E-state index >= 15 is 0 Å². The molecule has 0 saturated heterocycles. The van der Waals surface area contributed by atoms with Gasteiger partial charge in [-0.2, -0.15) is 0 Å². The van der Waals surface area contributed by atoms with E-state index in [2.05, 4.69) is 33.4 Å². The van der Waals surface area contributed by atoms with Crippen LogP contribution in [0, 0.1) is 11.3 Å². The van der Waals surface area contributed by atoms with E-state index in [9.17, 15) is 0 Å². The molecule has 2 rings (SSSR count). The van der Waals surface area contributed by atoms with E-state index < -0.39 is 0 Å². The molecule has 0 N–H and O–H groups in total. The maximum absolute atomic E-state index is 5.64. The molecule has 1 aromatic carbocycles. The zero-order chi connectivity index (χ0) is 21.6. The van der Waals surface area contributed by atoms with Crippen molar-refractivity contribution in [3.63, 3.8) is 0 Å². The normalized spacial score (nSPS) is 22.4. The molecule has 1 aromatic rings. The van der Waals surface area contributed by atoms with E-state index in [1.165, 1.54) is 30.4 Å². The van der Waals surface area contributed by atoms with E-state index in [1.807, 2.05) is 0 Å². The Labute approximate surface area is 176 Å². The lowest BCUT2D eigenvalue weighted by atomic mass is 9.65. The second-order valence-corrected chi connectivity index (χ2v) is 8.46. The van der Waals surface area contributed by atoms with E-state index in [-0.39, 0.29) is 5.41 Å². The van der Waals surface area contributed by atoms with Crippen LogP contribution in [0.2, 0.25) is 0 Å². The highest BCUT2D eigenvalue weighted by Crippen LogP contribution is 2.47. The Kier molecular flexibility index (Phi) is 8.06. The first-order valence-electron chi connectivity index (χ1n) is 10.5. The summed E-state index contributed by atoms with van der Waals surface area (Å²) in [7, 11) is 6.57. The average Bonchev–Trinajstić information content (AvgIpc) is 2.73. The molecule has 0 aromatic heterocycles. The first-order chi connectivity index (χ1) is 13.8. The third kappa shape index (κ3) is 5.09. The van der Waals surface area contributed by atoms with Crippen LogP contribution in [-0.4, -0.2) is 28.4 Å². The van der Waals surface area contributed by atoms with Gasteiger partial charge in [0.05, 0.1) is 28.4 Å². The smallest absolute Gasteiger partial charge is 0.168 e. The molecule has 162 valence electrons. The quantitative estimate of drug-likeness (QED) is 0.450. The lowest BCUT2D eigenvalue weighted by molar-refractivity contribution is 0.247. The fourth-order valence-electron chi connectivity index (χ4n) is 4.45. The topological polar surface area (TPSA) is 36.9 Å². The van der Waals surface area contributed by atoms with Gasteiger partial charge in [-0.25, -0.2) is 0 Å². The van der Waals surface area contributed by atoms with Crippen LogP contribution in [-0.2, 0) is 6.42 Å². The van der Waals surface area contributed by atoms with Gasteiger partial charge in [0, 0.05) is 11.6 Å². The van der Waals surface area contributed by atoms with Gasteiger partial charge in [0.1, 0.15) is 0 Å². The number of rotatable bonds is 9. The SMILES string of the molecule is C=C1[C@@H](C)CCC[C@@]1(C)CC/C(C)=C/Cc1c(OC)c(OC)cc(OC)c1OC. The number of hydrogen-bond donors (Lipinski definition) is 0. The summed E-state index contributed by atoms with van der Waals surface area (Å²) >= 11 is 0. The van der Waals surface area contributed by atoms with Crippen LogP contribution in [0.5, 0.6) is 23.0 Å². The van der Waals surface area contributed by atoms with Crippen molar-refractivity contribution in [1.29, 1.82) is 0 Å². The van der Waals surface area contributed by atoms with Gasteiger partial charge in [-0.15, -0.1) is 0 Å². The fraction of sp³-hybridized carbons (Fsp3) is 0.600. The third-order valence-electron chi connectivity index (χ3n) is 6.57. The number of benzene rings is 1. The molecule has 1 fully saturated rings. The molecule has 4 nitrogen and oxygen atoms in total. The summed E-state index contributed by atoms with van der Waals surface area (Å²) in [6, 6.07) is 1.80. The number of hydrogen-bond acceptors (Lipinski definition) is 4. The van der Waals surface area contributed by atoms with Crippen LogP contribution < -0.4 is 18.9 Å². The number of methoxy groups -OCH3 is 4. The van der Waals surface area contributed by atoms with Gasteiger partial charge in [-0.3, -0.25) is 0 Å². The van der Waals surface area contributed by atoms with Crippen molar-refractivity contribution in [3.05, 3.63) is 35.4 Å². The lowest BCUT2D eigenvalue weighted by Gasteiger charge is -2.40. The summed E-state index contributed by atoms with van der Waals surface area (Å²) in [5.41, 5.74) is 3.98. The molecule has 1 aliphatic carbocycles. The summed E-state index contributed by atoms with van der Waals surface area (Å²) < 4.78 is 22.3. The van der Waals surface area contributed by atoms with Gasteiger partial charge < -0.3 is 18.9 Å². The highest BCUT2D eigenvalue weighted by atomic mass is 16.5. The highest BCUT2D eigenvalue weighted by molar-refractivity contribution is 5.61. The molecule has 1 aliphatic rings. The minimum atomic E-state index is 0.251. The minimum Gasteiger partial charge on any atom is -0.493 e. The van der Waals surface area contributed by atoms with Crippen molar-refractivity contribution in [2.75, 3.05) is 28.4 Å². The largest absolute Gasteiger partial charge is 0.493 e. The Morgan fingerprint density at radius 2 is 1.69 bits per heavy atom. The summed E-state index contributed by atoms with van der Waals surface area (Å²) in [5.74, 6) is 3.31. The number of ether oxygens (including phenoxy) is 4. The van der Waals surface area contributed by atoms with Crippen LogP contribution in [0.3, 0.4) is 0 Å². The average molecular weight is 403 g/mol. The predicted octanol–water partition coefficient (Wildman–Crippen LogP) is 6.37. The molecule has 1 saturated carbocycles. The van der Waals surface area contributed by atoms with Crippen molar-refractivity contribution in [1.82, 2.24) is 0 Å². The maximum Gasteiger partial charge on any atom is 0.168 e. The Morgan fingerprint density at radius 1 is 1.10 bits per heavy atom. The summed E-state index contributed by atoms with van der Waals surface area (Å²) in [4.78, 5) is 0. The Balaban J connectivity index is 2.20. The van der Waals surface area contributed by atoms with Gasteiger partial charge in [0.15, 0.2) is 23.0 Å². The molecule has 0 spiro atoms. The van der Waals surface area contributed by atoms with Gasteiger partial charge in [-0.05, 0) is 50.4 Å². The lowest BCUT2D eigenvalue weighted by Crippen LogP contribution is -2.27. The van der Waals surface area contributed by atoms with E-state index in [4.69, 9.17) is 18.9 Å². The molecule has 2 atom stereocenters. The van der Waals surface area contributed by atoms with Gasteiger partial charge >= 0.3 is 0 Å². The van der Waals surface area contributed by atoms with E-state index in [0.717, 1.165) is 18.4 Å². The summed E-state index contributed by atoms with van der Waals surface area (Å²) in [6.45, 7) is 11.3. The van der Waals surface area contributed by atoms with E-state index in [1.54, 1.807) is 34.5 Å². The Morgan fingerprint density at radius 3 is 2.21 bits per heavy atom. The first-order valence-corrected chi connectivity index (χ1v) is 10.5. The second kappa shape index (κ2) is 10.1. The van der Waals surface area contributed by atoms with Gasteiger partial charge in [0.25, 0.3) is 0 Å². The van der Waals surface area contributed by atoms with Gasteiger partial charge in [-0.1, -0.05) is 44.1 Å². The molecule has 0 unspecified atom stereocenters. The summed E-state index contributed by atoms with van der Waals surface area (Å²) in [5, 5.41) is 0. The van der Waals surface area contributed by atoms with Crippen LogP contribution >= 0.6 is 0 Å². The Bertz CT molecular complexity index is 719. The van der Waals surface area contributed by atoms with Crippen molar-refractivity contribution in [3.8, 4) is 23.0 Å². The minimum absolute atomic E-state index is 0.251. The molecular weight excluding hydrogens is 364 g/mol. The Hall–Kier alpha value is -2.10. The zero-order valence-electron chi connectivity index (χ0n) is 19.3. The van der Waals surface area contributed by atoms with Crippen LogP contribution in [0.1, 0.15) is 58.4 Å². The molecular formula is C25H38O4. The molecule has 4 heteroatoms. The zero-order valence-corrected chi connectivity index (χ0v) is 19.3. The van der Waals surface area contributed by atoms with Crippen LogP contribution in [0.25, 0.3) is 0 Å². The monoisotopic (exact) mass is 402 g/mol. The molecule has 0 amide bonds. The molecule has 0 bridgehead atoms. The van der Waals surface area contributed by atoms with Crippen molar-refractivity contribution in [2.45, 2.75) is 59.3 Å².